The van der Waals surface area contributed by atoms with Crippen molar-refractivity contribution in [2.24, 2.45) is 0 Å². The van der Waals surface area contributed by atoms with Crippen LogP contribution in [0.25, 0.3) is 0 Å². The van der Waals surface area contributed by atoms with Gasteiger partial charge in [-0.15, -0.1) is 0 Å². The minimum atomic E-state index is -0.251. The van der Waals surface area contributed by atoms with E-state index in [1.54, 1.807) is 30.5 Å². The van der Waals surface area contributed by atoms with Gasteiger partial charge in [-0.25, -0.2) is 0 Å². The van der Waals surface area contributed by atoms with Gasteiger partial charge in [0.05, 0.1) is 6.20 Å². The highest BCUT2D eigenvalue weighted by molar-refractivity contribution is 6.30. The Morgan fingerprint density at radius 3 is 3.11 bits per heavy atom. The predicted molar refractivity (Wildman–Crippen MR) is 73.5 cm³/mol. The molecule has 0 aliphatic heterocycles. The molecular formula is C13H14ClN3O2. The van der Waals surface area contributed by atoms with Crippen molar-refractivity contribution in [3.63, 3.8) is 0 Å². The number of aryl methyl sites for hydroxylation is 1. The molecule has 1 heterocycles. The monoisotopic (exact) mass is 279 g/mol. The third-order valence-electron chi connectivity index (χ3n) is 2.53. The summed E-state index contributed by atoms with van der Waals surface area (Å²) in [6.07, 6.45) is 2.48. The van der Waals surface area contributed by atoms with E-state index in [1.165, 1.54) is 0 Å². The molecule has 2 aromatic rings. The minimum Gasteiger partial charge on any atom is -0.484 e. The molecule has 100 valence electrons. The number of hydrogen-bond acceptors (Lipinski definition) is 3. The van der Waals surface area contributed by atoms with Crippen LogP contribution in [-0.2, 0) is 11.2 Å². The largest absolute Gasteiger partial charge is 0.484 e. The van der Waals surface area contributed by atoms with Gasteiger partial charge in [-0.2, -0.15) is 5.10 Å². The van der Waals surface area contributed by atoms with Crippen molar-refractivity contribution in [3.05, 3.63) is 41.0 Å². The number of rotatable bonds is 5. The fourth-order valence-electron chi connectivity index (χ4n) is 1.57. The zero-order chi connectivity index (χ0) is 13.7. The van der Waals surface area contributed by atoms with E-state index in [1.807, 2.05) is 6.92 Å². The molecule has 19 heavy (non-hydrogen) atoms. The normalized spacial score (nSPS) is 10.2. The number of hydrogen-bond donors (Lipinski definition) is 2. The number of benzene rings is 1. The topological polar surface area (TPSA) is 67.0 Å². The number of aromatic amines is 1. The number of carbonyl (C=O) groups is 1. The van der Waals surface area contributed by atoms with Gasteiger partial charge in [0.1, 0.15) is 11.6 Å². The van der Waals surface area contributed by atoms with E-state index in [9.17, 15) is 4.79 Å². The molecule has 1 amide bonds. The SMILES string of the molecule is CCc1cn[nH]c1NC(=O)COc1cccc(Cl)c1. The fraction of sp³-hybridized carbons (Fsp3) is 0.231. The van der Waals surface area contributed by atoms with Crippen molar-refractivity contribution in [1.82, 2.24) is 10.2 Å². The molecule has 0 saturated carbocycles. The van der Waals surface area contributed by atoms with Crippen LogP contribution in [0, 0.1) is 0 Å². The molecule has 0 unspecified atom stereocenters. The Morgan fingerprint density at radius 2 is 2.37 bits per heavy atom. The van der Waals surface area contributed by atoms with Crippen LogP contribution in [0.4, 0.5) is 5.82 Å². The number of H-pyrrole nitrogens is 1. The molecule has 0 aliphatic carbocycles. The summed E-state index contributed by atoms with van der Waals surface area (Å²) in [6.45, 7) is 1.91. The number of halogens is 1. The zero-order valence-corrected chi connectivity index (χ0v) is 11.2. The smallest absolute Gasteiger partial charge is 0.263 e. The van der Waals surface area contributed by atoms with Crippen LogP contribution in [0.2, 0.25) is 5.02 Å². The molecule has 6 heteroatoms. The quantitative estimate of drug-likeness (QED) is 0.884. The van der Waals surface area contributed by atoms with Crippen LogP contribution in [-0.4, -0.2) is 22.7 Å². The van der Waals surface area contributed by atoms with Gasteiger partial charge < -0.3 is 10.1 Å². The summed E-state index contributed by atoms with van der Waals surface area (Å²) in [4.78, 5) is 11.7. The van der Waals surface area contributed by atoms with Gasteiger partial charge >= 0.3 is 0 Å². The molecule has 0 aliphatic rings. The summed E-state index contributed by atoms with van der Waals surface area (Å²) in [5, 5.41) is 9.89. The van der Waals surface area contributed by atoms with Crippen molar-refractivity contribution in [2.45, 2.75) is 13.3 Å². The first-order valence-corrected chi connectivity index (χ1v) is 6.27. The van der Waals surface area contributed by atoms with E-state index in [0.717, 1.165) is 12.0 Å². The Bertz CT molecular complexity index is 569. The Balaban J connectivity index is 1.88. The highest BCUT2D eigenvalue weighted by Gasteiger charge is 2.08. The molecule has 2 rings (SSSR count). The summed E-state index contributed by atoms with van der Waals surface area (Å²) in [5.74, 6) is 0.920. The first-order chi connectivity index (χ1) is 9.19. The van der Waals surface area contributed by atoms with Crippen molar-refractivity contribution in [3.8, 4) is 5.75 Å². The van der Waals surface area contributed by atoms with Gasteiger partial charge in [-0.1, -0.05) is 24.6 Å². The Morgan fingerprint density at radius 1 is 1.53 bits per heavy atom. The molecule has 0 radical (unpaired) electrons. The molecule has 1 aromatic carbocycles. The maximum Gasteiger partial charge on any atom is 0.263 e. The standard InChI is InChI=1S/C13H14ClN3O2/c1-2-9-7-15-17-13(9)16-12(18)8-19-11-5-3-4-10(14)6-11/h3-7H,2,8H2,1H3,(H2,15,16,17,18). The predicted octanol–water partition coefficient (Wildman–Crippen LogP) is 2.64. The van der Waals surface area contributed by atoms with Gasteiger partial charge in [0.15, 0.2) is 6.61 Å². The van der Waals surface area contributed by atoms with Crippen LogP contribution in [0.5, 0.6) is 5.75 Å². The van der Waals surface area contributed by atoms with E-state index in [2.05, 4.69) is 15.5 Å². The lowest BCUT2D eigenvalue weighted by molar-refractivity contribution is -0.118. The summed E-state index contributed by atoms with van der Waals surface area (Å²) in [6, 6.07) is 6.90. The Labute approximate surface area is 115 Å². The number of anilines is 1. The van der Waals surface area contributed by atoms with E-state index >= 15 is 0 Å². The third kappa shape index (κ3) is 3.72. The van der Waals surface area contributed by atoms with Gasteiger partial charge in [0.25, 0.3) is 5.91 Å². The average molecular weight is 280 g/mol. The van der Waals surface area contributed by atoms with Crippen molar-refractivity contribution < 1.29 is 9.53 Å². The van der Waals surface area contributed by atoms with Crippen molar-refractivity contribution >= 4 is 23.3 Å². The number of amides is 1. The molecule has 0 bridgehead atoms. The lowest BCUT2D eigenvalue weighted by Gasteiger charge is -2.07. The fourth-order valence-corrected chi connectivity index (χ4v) is 1.75. The number of carbonyl (C=O) groups excluding carboxylic acids is 1. The minimum absolute atomic E-state index is 0.0808. The number of nitrogens with one attached hydrogen (secondary N) is 2. The second-order valence-electron chi connectivity index (χ2n) is 3.92. The molecule has 0 atom stereocenters. The average Bonchev–Trinajstić information content (AvgIpc) is 2.84. The van der Waals surface area contributed by atoms with E-state index in [4.69, 9.17) is 16.3 Å². The molecule has 0 spiro atoms. The van der Waals surface area contributed by atoms with Crippen LogP contribution in [0.3, 0.4) is 0 Å². The van der Waals surface area contributed by atoms with E-state index < -0.39 is 0 Å². The molecule has 5 nitrogen and oxygen atoms in total. The lowest BCUT2D eigenvalue weighted by atomic mass is 10.2. The zero-order valence-electron chi connectivity index (χ0n) is 10.4. The van der Waals surface area contributed by atoms with Crippen LogP contribution in [0.15, 0.2) is 30.5 Å². The van der Waals surface area contributed by atoms with Gasteiger partial charge in [0, 0.05) is 10.6 Å². The molecule has 2 N–H and O–H groups in total. The molecule has 1 aromatic heterocycles. The summed E-state index contributed by atoms with van der Waals surface area (Å²) in [7, 11) is 0. The van der Waals surface area contributed by atoms with Gasteiger partial charge in [-0.05, 0) is 24.6 Å². The van der Waals surface area contributed by atoms with Crippen molar-refractivity contribution in [1.29, 1.82) is 0 Å². The third-order valence-corrected chi connectivity index (χ3v) is 2.76. The first-order valence-electron chi connectivity index (χ1n) is 5.89. The molecule has 0 saturated heterocycles. The lowest BCUT2D eigenvalue weighted by Crippen LogP contribution is -2.21. The van der Waals surface area contributed by atoms with Crippen LogP contribution in [0.1, 0.15) is 12.5 Å². The number of ether oxygens (including phenoxy) is 1. The number of aromatic nitrogens is 2. The Kier molecular flexibility index (Phi) is 4.41. The molecular weight excluding hydrogens is 266 g/mol. The number of nitrogens with zero attached hydrogens (tertiary/aromatic N) is 1. The Hall–Kier alpha value is -2.01. The summed E-state index contributed by atoms with van der Waals surface area (Å²) < 4.78 is 5.34. The van der Waals surface area contributed by atoms with Crippen molar-refractivity contribution in [2.75, 3.05) is 11.9 Å². The summed E-state index contributed by atoms with van der Waals surface area (Å²) >= 11 is 5.82. The first kappa shape index (κ1) is 13.4. The summed E-state index contributed by atoms with van der Waals surface area (Å²) in [5.41, 5.74) is 0.955. The molecule has 0 fully saturated rings. The highest BCUT2D eigenvalue weighted by Crippen LogP contribution is 2.17. The van der Waals surface area contributed by atoms with Crippen LogP contribution < -0.4 is 10.1 Å². The maximum atomic E-state index is 11.7. The second-order valence-corrected chi connectivity index (χ2v) is 4.35. The highest BCUT2D eigenvalue weighted by atomic mass is 35.5. The second kappa shape index (κ2) is 6.24. The van der Waals surface area contributed by atoms with E-state index in [0.29, 0.717) is 16.6 Å². The maximum absolute atomic E-state index is 11.7. The van der Waals surface area contributed by atoms with Gasteiger partial charge in [-0.3, -0.25) is 9.89 Å². The van der Waals surface area contributed by atoms with Gasteiger partial charge in [0.2, 0.25) is 0 Å². The van der Waals surface area contributed by atoms with Crippen LogP contribution >= 0.6 is 11.6 Å². The van der Waals surface area contributed by atoms with E-state index in [-0.39, 0.29) is 12.5 Å².